The summed E-state index contributed by atoms with van der Waals surface area (Å²) in [4.78, 5) is 24.7. The van der Waals surface area contributed by atoms with E-state index in [2.05, 4.69) is 10.6 Å². The first-order valence-electron chi connectivity index (χ1n) is 10.2. The third kappa shape index (κ3) is 6.57. The summed E-state index contributed by atoms with van der Waals surface area (Å²) in [6, 6.07) is 18.0. The lowest BCUT2D eigenvalue weighted by Crippen LogP contribution is -2.15. The van der Waals surface area contributed by atoms with E-state index in [1.165, 1.54) is 25.3 Å². The molecule has 32 heavy (non-hydrogen) atoms. The fourth-order valence-electron chi connectivity index (χ4n) is 3.06. The molecule has 7 heteroatoms. The molecule has 3 aromatic rings. The van der Waals surface area contributed by atoms with E-state index in [4.69, 9.17) is 9.47 Å². The number of halogens is 1. The Morgan fingerprint density at radius 3 is 2.53 bits per heavy atom. The van der Waals surface area contributed by atoms with E-state index in [1.54, 1.807) is 18.2 Å². The number of nitrogens with one attached hydrogen (secondary N) is 2. The van der Waals surface area contributed by atoms with Crippen molar-refractivity contribution in [3.8, 4) is 11.5 Å². The summed E-state index contributed by atoms with van der Waals surface area (Å²) < 4.78 is 24.3. The zero-order chi connectivity index (χ0) is 22.9. The van der Waals surface area contributed by atoms with Gasteiger partial charge in [0.2, 0.25) is 5.91 Å². The Kier molecular flexibility index (Phi) is 7.80. The molecule has 3 aromatic carbocycles. The Labute approximate surface area is 186 Å². The van der Waals surface area contributed by atoms with E-state index < -0.39 is 11.7 Å². The first-order valence-corrected chi connectivity index (χ1v) is 10.2. The number of hydrogen-bond donors (Lipinski definition) is 2. The van der Waals surface area contributed by atoms with E-state index in [9.17, 15) is 14.0 Å². The number of hydrogen-bond acceptors (Lipinski definition) is 4. The SMILES string of the molecule is COc1ccc(NC(=O)CCCOc2cccc(C)c2)cc1NC(=O)c1cccc(F)c1. The first-order chi connectivity index (χ1) is 15.4. The molecule has 0 saturated carbocycles. The van der Waals surface area contributed by atoms with Gasteiger partial charge >= 0.3 is 0 Å². The van der Waals surface area contributed by atoms with Crippen LogP contribution >= 0.6 is 0 Å². The number of benzene rings is 3. The lowest BCUT2D eigenvalue weighted by atomic mass is 10.2. The van der Waals surface area contributed by atoms with Gasteiger partial charge in [-0.2, -0.15) is 0 Å². The minimum absolute atomic E-state index is 0.176. The van der Waals surface area contributed by atoms with Crippen molar-refractivity contribution in [1.29, 1.82) is 0 Å². The summed E-state index contributed by atoms with van der Waals surface area (Å²) in [5.74, 6) is 0.0283. The van der Waals surface area contributed by atoms with Gasteiger partial charge < -0.3 is 20.1 Å². The predicted molar refractivity (Wildman–Crippen MR) is 122 cm³/mol. The Balaban J connectivity index is 1.55. The van der Waals surface area contributed by atoms with E-state index >= 15 is 0 Å². The Morgan fingerprint density at radius 2 is 1.78 bits per heavy atom. The number of amides is 2. The fraction of sp³-hybridized carbons (Fsp3) is 0.200. The second-order valence-corrected chi connectivity index (χ2v) is 7.20. The zero-order valence-corrected chi connectivity index (χ0v) is 18.0. The van der Waals surface area contributed by atoms with Crippen LogP contribution in [0.2, 0.25) is 0 Å². The number of carbonyl (C=O) groups excluding carboxylic acids is 2. The highest BCUT2D eigenvalue weighted by molar-refractivity contribution is 6.05. The molecule has 2 N–H and O–H groups in total. The lowest BCUT2D eigenvalue weighted by Gasteiger charge is -2.13. The van der Waals surface area contributed by atoms with Crippen molar-refractivity contribution in [3.05, 3.63) is 83.7 Å². The molecule has 0 fully saturated rings. The van der Waals surface area contributed by atoms with Crippen LogP contribution in [-0.2, 0) is 4.79 Å². The molecule has 0 aliphatic heterocycles. The van der Waals surface area contributed by atoms with Crippen LogP contribution in [0.5, 0.6) is 11.5 Å². The number of anilines is 2. The number of carbonyl (C=O) groups is 2. The summed E-state index contributed by atoms with van der Waals surface area (Å²) >= 11 is 0. The molecule has 0 bridgehead atoms. The van der Waals surface area contributed by atoms with Crippen LogP contribution in [0, 0.1) is 12.7 Å². The van der Waals surface area contributed by atoms with Crippen molar-refractivity contribution in [3.63, 3.8) is 0 Å². The highest BCUT2D eigenvalue weighted by atomic mass is 19.1. The maximum atomic E-state index is 13.4. The van der Waals surface area contributed by atoms with Crippen molar-refractivity contribution >= 4 is 23.2 Å². The summed E-state index contributed by atoms with van der Waals surface area (Å²) in [5.41, 5.74) is 2.16. The van der Waals surface area contributed by atoms with E-state index in [0.29, 0.717) is 30.2 Å². The molecule has 0 radical (unpaired) electrons. The second kappa shape index (κ2) is 10.9. The van der Waals surface area contributed by atoms with Crippen LogP contribution < -0.4 is 20.1 Å². The van der Waals surface area contributed by atoms with E-state index in [1.807, 2.05) is 31.2 Å². The first kappa shape index (κ1) is 22.8. The average molecular weight is 436 g/mol. The number of methoxy groups -OCH3 is 1. The zero-order valence-electron chi connectivity index (χ0n) is 18.0. The smallest absolute Gasteiger partial charge is 0.255 e. The largest absolute Gasteiger partial charge is 0.495 e. The molecule has 0 aliphatic rings. The van der Waals surface area contributed by atoms with Crippen LogP contribution in [0.4, 0.5) is 15.8 Å². The summed E-state index contributed by atoms with van der Waals surface area (Å²) in [5, 5.41) is 5.49. The quantitative estimate of drug-likeness (QED) is 0.453. The van der Waals surface area contributed by atoms with Crippen LogP contribution in [0.25, 0.3) is 0 Å². The fourth-order valence-corrected chi connectivity index (χ4v) is 3.06. The highest BCUT2D eigenvalue weighted by Gasteiger charge is 2.12. The molecule has 2 amide bonds. The van der Waals surface area contributed by atoms with E-state index in [-0.39, 0.29) is 17.9 Å². The summed E-state index contributed by atoms with van der Waals surface area (Å²) in [6.07, 6.45) is 0.835. The minimum atomic E-state index is -0.503. The molecular weight excluding hydrogens is 411 g/mol. The average Bonchev–Trinajstić information content (AvgIpc) is 2.77. The van der Waals surface area contributed by atoms with Crippen molar-refractivity contribution in [2.24, 2.45) is 0 Å². The van der Waals surface area contributed by atoms with Crippen LogP contribution in [0.15, 0.2) is 66.7 Å². The maximum Gasteiger partial charge on any atom is 0.255 e. The molecular formula is C25H25FN2O4. The van der Waals surface area contributed by atoms with Crippen LogP contribution in [0.1, 0.15) is 28.8 Å². The monoisotopic (exact) mass is 436 g/mol. The Hall–Kier alpha value is -3.87. The number of aryl methyl sites for hydroxylation is 1. The normalized spacial score (nSPS) is 10.3. The topological polar surface area (TPSA) is 76.7 Å². The predicted octanol–water partition coefficient (Wildman–Crippen LogP) is 5.19. The van der Waals surface area contributed by atoms with E-state index in [0.717, 1.165) is 17.4 Å². The molecule has 0 heterocycles. The summed E-state index contributed by atoms with van der Waals surface area (Å²) in [6.45, 7) is 2.42. The molecule has 6 nitrogen and oxygen atoms in total. The van der Waals surface area contributed by atoms with Gasteiger partial charge in [-0.1, -0.05) is 18.2 Å². The summed E-state index contributed by atoms with van der Waals surface area (Å²) in [7, 11) is 1.47. The van der Waals surface area contributed by atoms with Crippen molar-refractivity contribution in [2.75, 3.05) is 24.4 Å². The number of rotatable bonds is 9. The highest BCUT2D eigenvalue weighted by Crippen LogP contribution is 2.28. The van der Waals surface area contributed by atoms with Gasteiger partial charge in [0.1, 0.15) is 17.3 Å². The standard InChI is InChI=1S/C25H25FN2O4/c1-17-6-3-9-21(14-17)32-13-5-10-24(29)27-20-11-12-23(31-2)22(16-20)28-25(30)18-7-4-8-19(26)15-18/h3-4,6-9,11-12,14-16H,5,10,13H2,1-2H3,(H,27,29)(H,28,30). The maximum absolute atomic E-state index is 13.4. The molecule has 0 saturated heterocycles. The third-order valence-corrected chi connectivity index (χ3v) is 4.62. The van der Waals surface area contributed by atoms with Gasteiger partial charge in [0, 0.05) is 17.7 Å². The van der Waals surface area contributed by atoms with Crippen LogP contribution in [-0.4, -0.2) is 25.5 Å². The van der Waals surface area contributed by atoms with Gasteiger partial charge in [0.15, 0.2) is 0 Å². The molecule has 166 valence electrons. The van der Waals surface area contributed by atoms with Gasteiger partial charge in [-0.3, -0.25) is 9.59 Å². The molecule has 0 aromatic heterocycles. The number of ether oxygens (including phenoxy) is 2. The molecule has 3 rings (SSSR count). The van der Waals surface area contributed by atoms with Crippen LogP contribution in [0.3, 0.4) is 0 Å². The van der Waals surface area contributed by atoms with Gasteiger partial charge in [-0.25, -0.2) is 4.39 Å². The Morgan fingerprint density at radius 1 is 0.969 bits per heavy atom. The molecule has 0 unspecified atom stereocenters. The Bertz CT molecular complexity index is 1100. The van der Waals surface area contributed by atoms with Gasteiger partial charge in [0.05, 0.1) is 19.4 Å². The van der Waals surface area contributed by atoms with Crippen molar-refractivity contribution < 1.29 is 23.5 Å². The van der Waals surface area contributed by atoms with Crippen molar-refractivity contribution in [1.82, 2.24) is 0 Å². The third-order valence-electron chi connectivity index (χ3n) is 4.62. The molecule has 0 spiro atoms. The second-order valence-electron chi connectivity index (χ2n) is 7.20. The van der Waals surface area contributed by atoms with Gasteiger partial charge in [-0.05, 0) is 67.4 Å². The molecule has 0 atom stereocenters. The van der Waals surface area contributed by atoms with Crippen molar-refractivity contribution in [2.45, 2.75) is 19.8 Å². The lowest BCUT2D eigenvalue weighted by molar-refractivity contribution is -0.116. The minimum Gasteiger partial charge on any atom is -0.495 e. The van der Waals surface area contributed by atoms with Gasteiger partial charge in [0.25, 0.3) is 5.91 Å². The molecule has 0 aliphatic carbocycles. The van der Waals surface area contributed by atoms with Gasteiger partial charge in [-0.15, -0.1) is 0 Å².